The first-order chi connectivity index (χ1) is 6.86. The summed E-state index contributed by atoms with van der Waals surface area (Å²) in [5.41, 5.74) is 7.00. The Hall–Kier alpha value is -1.07. The maximum Gasteiger partial charge on any atom is 0.325 e. The maximum atomic E-state index is 10.8. The number of phenolic OH excluding ortho intramolecular Hbond substituents is 1. The molecule has 0 radical (unpaired) electrons. The molecule has 0 aromatic heterocycles. The highest BCUT2D eigenvalue weighted by atomic mass is 79.9. The highest BCUT2D eigenvalue weighted by Gasteiger charge is 2.22. The fourth-order valence-corrected chi connectivity index (χ4v) is 1.95. The van der Waals surface area contributed by atoms with Crippen molar-refractivity contribution in [3.8, 4) is 5.75 Å². The molecular formula is C10H12BrNO3. The number of aliphatic carboxylic acids is 1. The molecule has 0 saturated carbocycles. The summed E-state index contributed by atoms with van der Waals surface area (Å²) < 4.78 is 0.740. The van der Waals surface area contributed by atoms with Gasteiger partial charge in [0.2, 0.25) is 0 Å². The molecule has 1 atom stereocenters. The average molecular weight is 274 g/mol. The van der Waals surface area contributed by atoms with Gasteiger partial charge in [-0.3, -0.25) is 4.79 Å². The Kier molecular flexibility index (Phi) is 3.36. The van der Waals surface area contributed by atoms with Gasteiger partial charge in [0.1, 0.15) is 11.8 Å². The number of halogens is 1. The number of phenols is 1. The van der Waals surface area contributed by atoms with E-state index in [9.17, 15) is 9.90 Å². The Morgan fingerprint density at radius 3 is 2.53 bits per heavy atom. The van der Waals surface area contributed by atoms with Crippen LogP contribution in [0.5, 0.6) is 5.75 Å². The molecule has 82 valence electrons. The number of carboxylic acid groups (broad SMARTS) is 1. The van der Waals surface area contributed by atoms with E-state index < -0.39 is 12.0 Å². The SMILES string of the molecule is Cc1cc(Br)c(C)c([C@H](N)C(=O)O)c1O. The number of nitrogens with two attached hydrogens (primary N) is 1. The molecule has 0 unspecified atom stereocenters. The topological polar surface area (TPSA) is 83.6 Å². The summed E-state index contributed by atoms with van der Waals surface area (Å²) in [4.78, 5) is 10.8. The van der Waals surface area contributed by atoms with Crippen molar-refractivity contribution >= 4 is 21.9 Å². The molecule has 0 aliphatic carbocycles. The van der Waals surface area contributed by atoms with E-state index in [-0.39, 0.29) is 11.3 Å². The Morgan fingerprint density at radius 2 is 2.07 bits per heavy atom. The van der Waals surface area contributed by atoms with Crippen LogP contribution in [0.25, 0.3) is 0 Å². The van der Waals surface area contributed by atoms with Crippen molar-refractivity contribution in [3.05, 3.63) is 27.2 Å². The first kappa shape index (κ1) is 12.0. The van der Waals surface area contributed by atoms with E-state index >= 15 is 0 Å². The number of carboxylic acids is 1. The molecule has 0 spiro atoms. The number of rotatable bonds is 2. The van der Waals surface area contributed by atoms with Gasteiger partial charge in [-0.2, -0.15) is 0 Å². The monoisotopic (exact) mass is 273 g/mol. The van der Waals surface area contributed by atoms with Crippen molar-refractivity contribution in [2.45, 2.75) is 19.9 Å². The molecule has 0 fully saturated rings. The lowest BCUT2D eigenvalue weighted by Crippen LogP contribution is -2.22. The van der Waals surface area contributed by atoms with Crippen LogP contribution in [0.4, 0.5) is 0 Å². The van der Waals surface area contributed by atoms with Crippen LogP contribution in [-0.4, -0.2) is 16.2 Å². The molecule has 0 aliphatic heterocycles. The van der Waals surface area contributed by atoms with Crippen LogP contribution in [0.2, 0.25) is 0 Å². The largest absolute Gasteiger partial charge is 0.507 e. The van der Waals surface area contributed by atoms with Gasteiger partial charge in [-0.15, -0.1) is 0 Å². The molecular weight excluding hydrogens is 262 g/mol. The van der Waals surface area contributed by atoms with Crippen LogP contribution in [0.1, 0.15) is 22.7 Å². The van der Waals surface area contributed by atoms with Crippen molar-refractivity contribution in [1.82, 2.24) is 0 Å². The van der Waals surface area contributed by atoms with Gasteiger partial charge in [0, 0.05) is 10.0 Å². The third kappa shape index (κ3) is 2.13. The minimum absolute atomic E-state index is 0.0504. The lowest BCUT2D eigenvalue weighted by Gasteiger charge is -2.15. The van der Waals surface area contributed by atoms with Crippen molar-refractivity contribution in [1.29, 1.82) is 0 Å². The number of carbonyl (C=O) groups is 1. The van der Waals surface area contributed by atoms with Gasteiger partial charge in [0.25, 0.3) is 0 Å². The standard InChI is InChI=1S/C10H12BrNO3/c1-4-3-6(11)5(2)7(9(4)13)8(12)10(14)15/h3,8,13H,12H2,1-2H3,(H,14,15)/t8-/m0/s1. The van der Waals surface area contributed by atoms with Gasteiger partial charge in [0.15, 0.2) is 0 Å². The predicted octanol–water partition coefficient (Wildman–Crippen LogP) is 1.86. The molecule has 0 bridgehead atoms. The number of hydrogen-bond acceptors (Lipinski definition) is 3. The van der Waals surface area contributed by atoms with Gasteiger partial charge in [0.05, 0.1) is 0 Å². The van der Waals surface area contributed by atoms with Crippen molar-refractivity contribution in [2.24, 2.45) is 5.73 Å². The zero-order chi connectivity index (χ0) is 11.7. The molecule has 0 heterocycles. The molecule has 15 heavy (non-hydrogen) atoms. The van der Waals surface area contributed by atoms with E-state index in [0.29, 0.717) is 11.1 Å². The summed E-state index contributed by atoms with van der Waals surface area (Å²) in [7, 11) is 0. The summed E-state index contributed by atoms with van der Waals surface area (Å²) in [5.74, 6) is -1.21. The smallest absolute Gasteiger partial charge is 0.325 e. The van der Waals surface area contributed by atoms with Crippen LogP contribution in [0, 0.1) is 13.8 Å². The molecule has 5 heteroatoms. The van der Waals surface area contributed by atoms with E-state index in [4.69, 9.17) is 10.8 Å². The molecule has 1 aromatic carbocycles. The summed E-state index contributed by atoms with van der Waals surface area (Å²) in [5, 5.41) is 18.6. The number of aryl methyl sites for hydroxylation is 1. The van der Waals surface area contributed by atoms with Gasteiger partial charge in [-0.25, -0.2) is 0 Å². The highest BCUT2D eigenvalue weighted by molar-refractivity contribution is 9.10. The van der Waals surface area contributed by atoms with Gasteiger partial charge >= 0.3 is 5.97 Å². The van der Waals surface area contributed by atoms with Crippen LogP contribution < -0.4 is 5.73 Å². The van der Waals surface area contributed by atoms with E-state index in [0.717, 1.165) is 4.47 Å². The first-order valence-electron chi connectivity index (χ1n) is 4.33. The maximum absolute atomic E-state index is 10.8. The molecule has 0 aliphatic rings. The Morgan fingerprint density at radius 1 is 1.53 bits per heavy atom. The number of benzene rings is 1. The lowest BCUT2D eigenvalue weighted by atomic mass is 9.98. The van der Waals surface area contributed by atoms with Gasteiger partial charge in [-0.05, 0) is 31.0 Å². The number of aromatic hydroxyl groups is 1. The summed E-state index contributed by atoms with van der Waals surface area (Å²) >= 11 is 3.29. The molecule has 0 saturated heterocycles. The quantitative estimate of drug-likeness (QED) is 0.768. The molecule has 1 rings (SSSR count). The fourth-order valence-electron chi connectivity index (χ4n) is 1.39. The van der Waals surface area contributed by atoms with Crippen molar-refractivity contribution in [2.75, 3.05) is 0 Å². The van der Waals surface area contributed by atoms with Crippen LogP contribution >= 0.6 is 15.9 Å². The van der Waals surface area contributed by atoms with Crippen LogP contribution in [-0.2, 0) is 4.79 Å². The number of hydrogen-bond donors (Lipinski definition) is 3. The van der Waals surface area contributed by atoms with Gasteiger partial charge < -0.3 is 15.9 Å². The second-order valence-electron chi connectivity index (χ2n) is 3.38. The van der Waals surface area contributed by atoms with Crippen LogP contribution in [0.3, 0.4) is 0 Å². The van der Waals surface area contributed by atoms with E-state index in [1.165, 1.54) is 0 Å². The Balaban J connectivity index is 3.45. The molecule has 1 aromatic rings. The fraction of sp³-hybridized carbons (Fsp3) is 0.300. The van der Waals surface area contributed by atoms with Crippen LogP contribution in [0.15, 0.2) is 10.5 Å². The van der Waals surface area contributed by atoms with E-state index in [1.54, 1.807) is 19.9 Å². The minimum Gasteiger partial charge on any atom is -0.507 e. The Labute approximate surface area is 95.8 Å². The lowest BCUT2D eigenvalue weighted by molar-refractivity contribution is -0.138. The van der Waals surface area contributed by atoms with Crippen molar-refractivity contribution < 1.29 is 15.0 Å². The summed E-state index contributed by atoms with van der Waals surface area (Å²) in [6.45, 7) is 3.40. The average Bonchev–Trinajstić information content (AvgIpc) is 2.15. The second kappa shape index (κ2) is 4.20. The predicted molar refractivity (Wildman–Crippen MR) is 59.8 cm³/mol. The third-order valence-electron chi connectivity index (χ3n) is 2.31. The molecule has 4 N–H and O–H groups in total. The third-order valence-corrected chi connectivity index (χ3v) is 3.13. The van der Waals surface area contributed by atoms with Crippen molar-refractivity contribution in [3.63, 3.8) is 0 Å². The Bertz CT molecular complexity index is 391. The normalized spacial score (nSPS) is 12.5. The highest BCUT2D eigenvalue weighted by Crippen LogP contribution is 2.34. The zero-order valence-corrected chi connectivity index (χ0v) is 10.00. The minimum atomic E-state index is -1.21. The molecule has 4 nitrogen and oxygen atoms in total. The molecule has 0 amide bonds. The summed E-state index contributed by atoms with van der Waals surface area (Å²) in [6, 6.07) is 0.518. The van der Waals surface area contributed by atoms with E-state index in [2.05, 4.69) is 15.9 Å². The zero-order valence-electron chi connectivity index (χ0n) is 8.41. The first-order valence-corrected chi connectivity index (χ1v) is 5.12. The van der Waals surface area contributed by atoms with Gasteiger partial charge in [-0.1, -0.05) is 15.9 Å². The summed E-state index contributed by atoms with van der Waals surface area (Å²) in [6.07, 6.45) is 0. The van der Waals surface area contributed by atoms with E-state index in [1.807, 2.05) is 0 Å². The second-order valence-corrected chi connectivity index (χ2v) is 4.23.